The smallest absolute Gasteiger partial charge is 0.261 e. The molecule has 1 aliphatic rings. The number of hydrogen-bond acceptors (Lipinski definition) is 4. The first kappa shape index (κ1) is 24.6. The van der Waals surface area contributed by atoms with Crippen LogP contribution in [0.5, 0.6) is 0 Å². The molecule has 0 spiro atoms. The molecule has 2 heterocycles. The van der Waals surface area contributed by atoms with Crippen molar-refractivity contribution in [1.82, 2.24) is 14.5 Å². The van der Waals surface area contributed by atoms with Crippen molar-refractivity contribution in [3.05, 3.63) is 81.1 Å². The van der Waals surface area contributed by atoms with Gasteiger partial charge in [0.1, 0.15) is 11.3 Å². The van der Waals surface area contributed by atoms with Gasteiger partial charge in [0.25, 0.3) is 5.56 Å². The van der Waals surface area contributed by atoms with Gasteiger partial charge in [0.2, 0.25) is 5.91 Å². The number of rotatable bonds is 3. The second kappa shape index (κ2) is 10.3. The van der Waals surface area contributed by atoms with Crippen LogP contribution < -0.4 is 10.9 Å². The maximum absolute atomic E-state index is 14.3. The molecule has 1 saturated heterocycles. The molecule has 1 amide bonds. The molecule has 33 heavy (non-hydrogen) atoms. The highest BCUT2D eigenvalue weighted by atomic mass is 35.5. The molecule has 0 bridgehead atoms. The summed E-state index contributed by atoms with van der Waals surface area (Å²) >= 11 is 10.9. The lowest BCUT2D eigenvalue weighted by atomic mass is 10.1. The Hall–Kier alpha value is -3.04. The second-order valence-electron chi connectivity index (χ2n) is 7.29. The zero-order valence-electron chi connectivity index (χ0n) is 17.4. The topological polar surface area (TPSA) is 67.2 Å². The lowest BCUT2D eigenvalue weighted by molar-refractivity contribution is -0.125. The third-order valence-corrected chi connectivity index (χ3v) is 5.75. The summed E-state index contributed by atoms with van der Waals surface area (Å²) in [6.45, 7) is 4.29. The van der Waals surface area contributed by atoms with Gasteiger partial charge in [-0.3, -0.25) is 9.59 Å². The van der Waals surface area contributed by atoms with Gasteiger partial charge in [-0.2, -0.15) is 0 Å². The normalized spacial score (nSPS) is 15.2. The molecule has 0 aliphatic carbocycles. The average Bonchev–Trinajstić information content (AvgIpc) is 3.26. The Kier molecular flexibility index (Phi) is 7.65. The number of aromatic nitrogens is 2. The summed E-state index contributed by atoms with van der Waals surface area (Å²) in [4.78, 5) is 29.0. The van der Waals surface area contributed by atoms with Crippen LogP contribution in [0.1, 0.15) is 6.42 Å². The van der Waals surface area contributed by atoms with Gasteiger partial charge in [0.05, 0.1) is 27.4 Å². The average molecular weight is 499 g/mol. The lowest BCUT2D eigenvalue weighted by Gasteiger charge is -2.17. The maximum Gasteiger partial charge on any atom is 0.261 e. The quantitative estimate of drug-likeness (QED) is 0.425. The van der Waals surface area contributed by atoms with Crippen molar-refractivity contribution in [2.45, 2.75) is 12.5 Å². The number of nitrogens with zero attached hydrogens (tertiary/aromatic N) is 3. The van der Waals surface area contributed by atoms with Gasteiger partial charge in [0, 0.05) is 26.2 Å². The molecular formula is C22H19Cl2F3N4O2. The van der Waals surface area contributed by atoms with Gasteiger partial charge in [0.15, 0.2) is 11.6 Å². The molecule has 3 aromatic rings. The van der Waals surface area contributed by atoms with Crippen LogP contribution in [0.2, 0.25) is 10.0 Å². The van der Waals surface area contributed by atoms with Crippen LogP contribution in [0.15, 0.2) is 48.0 Å². The van der Waals surface area contributed by atoms with E-state index in [1.54, 1.807) is 4.90 Å². The molecular weight excluding hydrogens is 480 g/mol. The monoisotopic (exact) mass is 498 g/mol. The Morgan fingerprint density at radius 3 is 2.58 bits per heavy atom. The third kappa shape index (κ3) is 5.48. The van der Waals surface area contributed by atoms with Gasteiger partial charge < -0.3 is 14.8 Å². The second-order valence-corrected chi connectivity index (χ2v) is 8.10. The molecule has 1 aliphatic heterocycles. The fourth-order valence-corrected chi connectivity index (χ4v) is 3.58. The number of aryl methyl sites for hydroxylation is 1. The van der Waals surface area contributed by atoms with Crippen molar-refractivity contribution >= 4 is 45.7 Å². The van der Waals surface area contributed by atoms with Crippen molar-refractivity contribution in [2.24, 2.45) is 7.05 Å². The summed E-state index contributed by atoms with van der Waals surface area (Å²) in [5.41, 5.74) is -0.865. The van der Waals surface area contributed by atoms with Crippen molar-refractivity contribution in [1.29, 1.82) is 0 Å². The van der Waals surface area contributed by atoms with E-state index < -0.39 is 17.2 Å². The number of anilines is 1. The highest BCUT2D eigenvalue weighted by Gasteiger charge is 2.26. The van der Waals surface area contributed by atoms with Crippen LogP contribution >= 0.6 is 23.2 Å². The minimum atomic E-state index is -1.16. The first-order valence-corrected chi connectivity index (χ1v) is 10.5. The van der Waals surface area contributed by atoms with E-state index in [1.807, 2.05) is 0 Å². The predicted molar refractivity (Wildman–Crippen MR) is 122 cm³/mol. The number of amides is 1. The third-order valence-electron chi connectivity index (χ3n) is 5.01. The molecule has 1 N–H and O–H groups in total. The zero-order chi connectivity index (χ0) is 24.3. The summed E-state index contributed by atoms with van der Waals surface area (Å²) in [7, 11) is 1.48. The van der Waals surface area contributed by atoms with E-state index in [0.29, 0.717) is 24.5 Å². The van der Waals surface area contributed by atoms with E-state index in [1.165, 1.54) is 42.0 Å². The molecule has 174 valence electrons. The molecule has 1 unspecified atom stereocenters. The molecule has 1 aromatic heterocycles. The molecule has 0 saturated carbocycles. The van der Waals surface area contributed by atoms with E-state index >= 15 is 0 Å². The predicted octanol–water partition coefficient (Wildman–Crippen LogP) is 4.54. The van der Waals surface area contributed by atoms with Crippen LogP contribution in [-0.2, 0) is 11.8 Å². The van der Waals surface area contributed by atoms with Gasteiger partial charge in [-0.15, -0.1) is 0 Å². The zero-order valence-corrected chi connectivity index (χ0v) is 18.9. The van der Waals surface area contributed by atoms with Crippen molar-refractivity contribution in [2.75, 3.05) is 18.4 Å². The molecule has 4 rings (SSSR count). The van der Waals surface area contributed by atoms with Crippen LogP contribution in [0.3, 0.4) is 0 Å². The Balaban J connectivity index is 0.000000286. The minimum Gasteiger partial charge on any atom is -0.378 e. The maximum atomic E-state index is 14.3. The summed E-state index contributed by atoms with van der Waals surface area (Å²) in [6, 6.07) is 4.87. The van der Waals surface area contributed by atoms with Gasteiger partial charge in [-0.1, -0.05) is 29.8 Å². The highest BCUT2D eigenvalue weighted by molar-refractivity contribution is 6.41. The van der Waals surface area contributed by atoms with E-state index in [4.69, 9.17) is 23.2 Å². The highest BCUT2D eigenvalue weighted by Crippen LogP contribution is 2.26. The summed E-state index contributed by atoms with van der Waals surface area (Å²) in [5, 5.41) is 3.50. The molecule has 11 heteroatoms. The number of fused-ring (bicyclic) bond motifs is 1. The largest absolute Gasteiger partial charge is 0.378 e. The number of halogens is 5. The Bertz CT molecular complexity index is 1280. The van der Waals surface area contributed by atoms with Crippen molar-refractivity contribution in [3.63, 3.8) is 0 Å². The van der Waals surface area contributed by atoms with Crippen LogP contribution in [0.25, 0.3) is 10.9 Å². The van der Waals surface area contributed by atoms with E-state index in [2.05, 4.69) is 16.9 Å². The van der Waals surface area contributed by atoms with E-state index in [-0.39, 0.29) is 39.4 Å². The van der Waals surface area contributed by atoms with Gasteiger partial charge in [-0.25, -0.2) is 18.2 Å². The number of hydrogen-bond donors (Lipinski definition) is 1. The molecule has 2 aromatic carbocycles. The first-order chi connectivity index (χ1) is 15.6. The first-order valence-electron chi connectivity index (χ1n) is 9.74. The van der Waals surface area contributed by atoms with E-state index in [9.17, 15) is 22.8 Å². The van der Waals surface area contributed by atoms with Crippen LogP contribution in [0.4, 0.5) is 18.9 Å². The molecule has 6 nitrogen and oxygen atoms in total. The van der Waals surface area contributed by atoms with Crippen molar-refractivity contribution < 1.29 is 18.0 Å². The number of nitrogens with one attached hydrogen (secondary N) is 1. The Morgan fingerprint density at radius 2 is 1.94 bits per heavy atom. The SMILES string of the molecule is C=CC(=O)N1CCC(Nc2cc3c(=O)n(C)cnc3c(F)c2F)C1.Fc1ccc(Cl)c(Cl)c1. The summed E-state index contributed by atoms with van der Waals surface area (Å²) in [5.74, 6) is -2.83. The van der Waals surface area contributed by atoms with Crippen LogP contribution in [0, 0.1) is 17.5 Å². The number of carbonyl (C=O) groups excluding carboxylic acids is 1. The Labute approximate surface area is 197 Å². The molecule has 1 atom stereocenters. The van der Waals surface area contributed by atoms with Gasteiger partial charge >= 0.3 is 0 Å². The Morgan fingerprint density at radius 1 is 1.21 bits per heavy atom. The summed E-state index contributed by atoms with van der Waals surface area (Å²) < 4.78 is 41.9. The minimum absolute atomic E-state index is 0.00146. The summed E-state index contributed by atoms with van der Waals surface area (Å²) in [6.07, 6.45) is 2.95. The fraction of sp³-hybridized carbons (Fsp3) is 0.227. The van der Waals surface area contributed by atoms with Crippen LogP contribution in [-0.4, -0.2) is 39.5 Å². The number of likely N-dealkylation sites (tertiary alicyclic amines) is 1. The molecule has 0 radical (unpaired) electrons. The number of carbonyl (C=O) groups is 1. The number of benzene rings is 2. The molecule has 1 fully saturated rings. The standard InChI is InChI=1S/C16H16F2N4O2.C6H3Cl2F/c1-3-12(23)22-5-4-9(7-22)20-11-6-10-15(14(18)13(11)17)19-8-21(2)16(10)24;7-5-2-1-4(9)3-6(5)8/h3,6,8-9,20H,1,4-5,7H2,2H3;1-3H. The van der Waals surface area contributed by atoms with Gasteiger partial charge in [-0.05, 0) is 36.8 Å². The van der Waals surface area contributed by atoms with E-state index in [0.717, 1.165) is 6.33 Å². The fourth-order valence-electron chi connectivity index (χ4n) is 3.30. The lowest BCUT2D eigenvalue weighted by Crippen LogP contribution is -2.30. The van der Waals surface area contributed by atoms with Crippen molar-refractivity contribution in [3.8, 4) is 0 Å².